The summed E-state index contributed by atoms with van der Waals surface area (Å²) in [6.45, 7) is 4.12. The number of nitrogens with one attached hydrogen (secondary N) is 2. The van der Waals surface area contributed by atoms with Crippen molar-refractivity contribution in [2.24, 2.45) is 0 Å². The van der Waals surface area contributed by atoms with Crippen LogP contribution in [0.15, 0.2) is 0 Å². The fourth-order valence-electron chi connectivity index (χ4n) is 2.88. The van der Waals surface area contributed by atoms with Gasteiger partial charge in [0.2, 0.25) is 5.91 Å². The van der Waals surface area contributed by atoms with Crippen molar-refractivity contribution in [3.05, 3.63) is 0 Å². The van der Waals surface area contributed by atoms with E-state index in [-0.39, 0.29) is 5.91 Å². The third kappa shape index (κ3) is 3.40. The van der Waals surface area contributed by atoms with Crippen LogP contribution in [0.25, 0.3) is 0 Å². The van der Waals surface area contributed by atoms with Crippen molar-refractivity contribution < 1.29 is 9.53 Å². The Kier molecular flexibility index (Phi) is 4.76. The number of rotatable bonds is 6. The number of methoxy groups -OCH3 is 1. The van der Waals surface area contributed by atoms with E-state index in [0.29, 0.717) is 25.2 Å². The van der Waals surface area contributed by atoms with Crippen LogP contribution in [0.2, 0.25) is 0 Å². The molecule has 2 aliphatic heterocycles. The highest BCUT2D eigenvalue weighted by atomic mass is 16.5. The van der Waals surface area contributed by atoms with Gasteiger partial charge in [0.1, 0.15) is 0 Å². The van der Waals surface area contributed by atoms with Crippen molar-refractivity contribution in [1.82, 2.24) is 15.5 Å². The standard InChI is InChI=1S/C12H23N3O2/c1-17-8-5-13-9-12(16)14-10-4-7-15-6-2-3-11(10)15/h10-11,13H,2-9H2,1H3,(H,14,16). The molecule has 0 aromatic rings. The molecule has 1 amide bonds. The van der Waals surface area contributed by atoms with Gasteiger partial charge in [0.05, 0.1) is 13.2 Å². The fourth-order valence-corrected chi connectivity index (χ4v) is 2.88. The van der Waals surface area contributed by atoms with Gasteiger partial charge in [-0.3, -0.25) is 9.69 Å². The summed E-state index contributed by atoms with van der Waals surface area (Å²) in [6, 6.07) is 0.965. The first-order valence-electron chi connectivity index (χ1n) is 6.54. The van der Waals surface area contributed by atoms with Crippen LogP contribution in [0, 0.1) is 0 Å². The predicted molar refractivity (Wildman–Crippen MR) is 65.9 cm³/mol. The van der Waals surface area contributed by atoms with Crippen molar-refractivity contribution in [3.63, 3.8) is 0 Å². The lowest BCUT2D eigenvalue weighted by Gasteiger charge is -2.21. The zero-order valence-electron chi connectivity index (χ0n) is 10.6. The second-order valence-electron chi connectivity index (χ2n) is 4.88. The lowest BCUT2D eigenvalue weighted by atomic mass is 10.1. The van der Waals surface area contributed by atoms with Crippen molar-refractivity contribution in [2.75, 3.05) is 39.9 Å². The second-order valence-corrected chi connectivity index (χ2v) is 4.88. The number of amides is 1. The molecular formula is C12H23N3O2. The van der Waals surface area contributed by atoms with Crippen LogP contribution in [0.3, 0.4) is 0 Å². The summed E-state index contributed by atoms with van der Waals surface area (Å²) in [5, 5.41) is 6.21. The second kappa shape index (κ2) is 6.33. The van der Waals surface area contributed by atoms with E-state index in [1.165, 1.54) is 19.4 Å². The van der Waals surface area contributed by atoms with Gasteiger partial charge in [0.25, 0.3) is 0 Å². The molecule has 0 aromatic heterocycles. The van der Waals surface area contributed by atoms with Crippen LogP contribution in [-0.2, 0) is 9.53 Å². The van der Waals surface area contributed by atoms with Crippen molar-refractivity contribution >= 4 is 5.91 Å². The van der Waals surface area contributed by atoms with Gasteiger partial charge < -0.3 is 15.4 Å². The third-order valence-corrected chi connectivity index (χ3v) is 3.72. The molecule has 2 rings (SSSR count). The van der Waals surface area contributed by atoms with E-state index < -0.39 is 0 Å². The zero-order chi connectivity index (χ0) is 12.1. The van der Waals surface area contributed by atoms with E-state index >= 15 is 0 Å². The number of carbonyl (C=O) groups is 1. The molecule has 5 nitrogen and oxygen atoms in total. The number of hydrogen-bond acceptors (Lipinski definition) is 4. The monoisotopic (exact) mass is 241 g/mol. The predicted octanol–water partition coefficient (Wildman–Crippen LogP) is -0.425. The minimum absolute atomic E-state index is 0.111. The summed E-state index contributed by atoms with van der Waals surface area (Å²) in [4.78, 5) is 14.2. The molecule has 0 saturated carbocycles. The Morgan fingerprint density at radius 1 is 1.41 bits per heavy atom. The molecule has 17 heavy (non-hydrogen) atoms. The Labute approximate surface area is 103 Å². The first kappa shape index (κ1) is 12.8. The highest BCUT2D eigenvalue weighted by Gasteiger charge is 2.37. The summed E-state index contributed by atoms with van der Waals surface area (Å²) in [5.74, 6) is 0.111. The maximum atomic E-state index is 11.7. The van der Waals surface area contributed by atoms with Crippen LogP contribution >= 0.6 is 0 Å². The number of carbonyl (C=O) groups excluding carboxylic acids is 1. The third-order valence-electron chi connectivity index (χ3n) is 3.72. The van der Waals surface area contributed by atoms with Gasteiger partial charge in [-0.2, -0.15) is 0 Å². The molecule has 2 unspecified atom stereocenters. The van der Waals surface area contributed by atoms with Crippen molar-refractivity contribution in [2.45, 2.75) is 31.3 Å². The summed E-state index contributed by atoms with van der Waals surface area (Å²) in [6.07, 6.45) is 3.62. The Balaban J connectivity index is 1.65. The quantitative estimate of drug-likeness (QED) is 0.620. The van der Waals surface area contributed by atoms with Crippen molar-refractivity contribution in [3.8, 4) is 0 Å². The van der Waals surface area contributed by atoms with Crippen LogP contribution in [0.1, 0.15) is 19.3 Å². The first-order chi connectivity index (χ1) is 8.31. The summed E-state index contributed by atoms with van der Waals surface area (Å²) < 4.78 is 4.91. The summed E-state index contributed by atoms with van der Waals surface area (Å²) in [5.41, 5.74) is 0. The zero-order valence-corrected chi connectivity index (χ0v) is 10.6. The topological polar surface area (TPSA) is 53.6 Å². The molecule has 0 aromatic carbocycles. The average molecular weight is 241 g/mol. The molecule has 2 atom stereocenters. The fraction of sp³-hybridized carbons (Fsp3) is 0.917. The molecule has 0 spiro atoms. The van der Waals surface area contributed by atoms with Crippen LogP contribution in [0.4, 0.5) is 0 Å². The lowest BCUT2D eigenvalue weighted by Crippen LogP contribution is -2.45. The molecule has 0 bridgehead atoms. The Hall–Kier alpha value is -0.650. The van der Waals surface area contributed by atoms with Gasteiger partial charge in [-0.15, -0.1) is 0 Å². The lowest BCUT2D eigenvalue weighted by molar-refractivity contribution is -0.121. The number of fused-ring (bicyclic) bond motifs is 1. The van der Waals surface area contributed by atoms with E-state index in [1.807, 2.05) is 0 Å². The van der Waals surface area contributed by atoms with Crippen molar-refractivity contribution in [1.29, 1.82) is 0 Å². The first-order valence-corrected chi connectivity index (χ1v) is 6.54. The molecule has 2 fully saturated rings. The normalized spacial score (nSPS) is 28.3. The molecule has 5 heteroatoms. The van der Waals surface area contributed by atoms with Gasteiger partial charge in [-0.05, 0) is 25.8 Å². The van der Waals surface area contributed by atoms with Gasteiger partial charge in [0, 0.05) is 32.3 Å². The molecule has 2 heterocycles. The highest BCUT2D eigenvalue weighted by molar-refractivity contribution is 5.78. The van der Waals surface area contributed by atoms with E-state index in [9.17, 15) is 4.79 Å². The number of nitrogens with zero attached hydrogens (tertiary/aromatic N) is 1. The molecule has 0 radical (unpaired) electrons. The Bertz CT molecular complexity index is 260. The van der Waals surface area contributed by atoms with Gasteiger partial charge in [-0.1, -0.05) is 0 Å². The largest absolute Gasteiger partial charge is 0.383 e. The maximum Gasteiger partial charge on any atom is 0.234 e. The van der Waals surface area contributed by atoms with E-state index in [4.69, 9.17) is 4.74 Å². The van der Waals surface area contributed by atoms with E-state index in [2.05, 4.69) is 15.5 Å². The molecule has 2 N–H and O–H groups in total. The molecular weight excluding hydrogens is 218 g/mol. The number of hydrogen-bond donors (Lipinski definition) is 2. The average Bonchev–Trinajstić information content (AvgIpc) is 2.89. The van der Waals surface area contributed by atoms with Gasteiger partial charge >= 0.3 is 0 Å². The van der Waals surface area contributed by atoms with E-state index in [0.717, 1.165) is 19.5 Å². The summed E-state index contributed by atoms with van der Waals surface area (Å²) in [7, 11) is 1.66. The van der Waals surface area contributed by atoms with Crippen LogP contribution < -0.4 is 10.6 Å². The van der Waals surface area contributed by atoms with Crippen LogP contribution in [-0.4, -0.2) is 62.8 Å². The molecule has 2 saturated heterocycles. The molecule has 2 aliphatic rings. The Morgan fingerprint density at radius 2 is 2.29 bits per heavy atom. The smallest absolute Gasteiger partial charge is 0.234 e. The minimum Gasteiger partial charge on any atom is -0.383 e. The molecule has 98 valence electrons. The maximum absolute atomic E-state index is 11.7. The van der Waals surface area contributed by atoms with Crippen LogP contribution in [0.5, 0.6) is 0 Å². The minimum atomic E-state index is 0.111. The SMILES string of the molecule is COCCNCC(=O)NC1CCN2CCCC12. The molecule has 0 aliphatic carbocycles. The summed E-state index contributed by atoms with van der Waals surface area (Å²) >= 11 is 0. The Morgan fingerprint density at radius 3 is 3.12 bits per heavy atom. The highest BCUT2D eigenvalue weighted by Crippen LogP contribution is 2.27. The van der Waals surface area contributed by atoms with E-state index in [1.54, 1.807) is 7.11 Å². The number of ether oxygens (including phenoxy) is 1. The van der Waals surface area contributed by atoms with Gasteiger partial charge in [0.15, 0.2) is 0 Å². The van der Waals surface area contributed by atoms with Gasteiger partial charge in [-0.25, -0.2) is 0 Å².